The van der Waals surface area contributed by atoms with Gasteiger partial charge in [-0.1, -0.05) is 42.5 Å². The number of carbonyl (C=O) groups excluding carboxylic acids is 2. The molecule has 0 bridgehead atoms. The lowest BCUT2D eigenvalue weighted by atomic mass is 10.0. The van der Waals surface area contributed by atoms with Crippen molar-refractivity contribution in [2.75, 3.05) is 26.2 Å². The zero-order chi connectivity index (χ0) is 21.9. The number of carbonyl (C=O) groups is 2. The highest BCUT2D eigenvalue weighted by Gasteiger charge is 2.35. The molecule has 2 aliphatic heterocycles. The Hall–Kier alpha value is -2.96. The van der Waals surface area contributed by atoms with Crippen LogP contribution in [-0.4, -0.2) is 59.9 Å². The lowest BCUT2D eigenvalue weighted by Crippen LogP contribution is -2.62. The summed E-state index contributed by atoms with van der Waals surface area (Å²) in [6, 6.07) is 20.8. The van der Waals surface area contributed by atoms with Gasteiger partial charge in [-0.3, -0.25) is 9.59 Å². The molecule has 3 aromatic rings. The minimum absolute atomic E-state index is 0.0926. The molecule has 2 aliphatic rings. The molecule has 0 spiro atoms. The molecule has 2 aromatic carbocycles. The molecule has 164 valence electrons. The molecule has 1 aromatic heterocycles. The van der Waals surface area contributed by atoms with Crippen molar-refractivity contribution in [3.8, 4) is 0 Å². The van der Waals surface area contributed by atoms with E-state index in [9.17, 15) is 9.59 Å². The number of likely N-dealkylation sites (tertiary alicyclic amines) is 2. The molecule has 6 heteroatoms. The SMILES string of the molecule is O=C(c1ccc(Cc2ccccc2)cc1)N1CC(N[C@H]2CCN(C(=O)c3ccsc3)C2)C1. The van der Waals surface area contributed by atoms with E-state index in [2.05, 4.69) is 17.4 Å². The first-order valence-corrected chi connectivity index (χ1v) is 12.1. The van der Waals surface area contributed by atoms with E-state index >= 15 is 0 Å². The van der Waals surface area contributed by atoms with Crippen LogP contribution in [0.5, 0.6) is 0 Å². The molecule has 0 saturated carbocycles. The smallest absolute Gasteiger partial charge is 0.254 e. The van der Waals surface area contributed by atoms with Crippen molar-refractivity contribution >= 4 is 23.2 Å². The van der Waals surface area contributed by atoms with Gasteiger partial charge in [0, 0.05) is 49.2 Å². The maximum atomic E-state index is 12.8. The predicted octanol–water partition coefficient (Wildman–Crippen LogP) is 3.67. The van der Waals surface area contributed by atoms with Gasteiger partial charge in [-0.15, -0.1) is 0 Å². The van der Waals surface area contributed by atoms with E-state index in [1.54, 1.807) is 11.3 Å². The highest BCUT2D eigenvalue weighted by molar-refractivity contribution is 7.08. The first kappa shape index (κ1) is 20.9. The summed E-state index contributed by atoms with van der Waals surface area (Å²) < 4.78 is 0. The van der Waals surface area contributed by atoms with Crippen molar-refractivity contribution in [2.24, 2.45) is 0 Å². The number of nitrogens with zero attached hydrogens (tertiary/aromatic N) is 2. The topological polar surface area (TPSA) is 52.7 Å². The van der Waals surface area contributed by atoms with E-state index in [-0.39, 0.29) is 11.8 Å². The van der Waals surface area contributed by atoms with Gasteiger partial charge < -0.3 is 15.1 Å². The van der Waals surface area contributed by atoms with Crippen molar-refractivity contribution in [3.05, 3.63) is 93.7 Å². The van der Waals surface area contributed by atoms with Crippen molar-refractivity contribution in [1.29, 1.82) is 0 Å². The third-order valence-corrected chi connectivity index (χ3v) is 7.02. The second-order valence-corrected chi connectivity index (χ2v) is 9.46. The van der Waals surface area contributed by atoms with Gasteiger partial charge in [0.25, 0.3) is 11.8 Å². The van der Waals surface area contributed by atoms with E-state index in [1.165, 1.54) is 11.1 Å². The van der Waals surface area contributed by atoms with Gasteiger partial charge in [0.15, 0.2) is 0 Å². The minimum atomic E-state index is 0.0926. The van der Waals surface area contributed by atoms with E-state index in [0.717, 1.165) is 50.1 Å². The molecule has 32 heavy (non-hydrogen) atoms. The van der Waals surface area contributed by atoms with Gasteiger partial charge in [0.2, 0.25) is 0 Å². The second-order valence-electron chi connectivity index (χ2n) is 8.68. The van der Waals surface area contributed by atoms with Crippen molar-refractivity contribution in [3.63, 3.8) is 0 Å². The van der Waals surface area contributed by atoms with Gasteiger partial charge in [-0.25, -0.2) is 0 Å². The summed E-state index contributed by atoms with van der Waals surface area (Å²) in [7, 11) is 0. The average molecular weight is 446 g/mol. The van der Waals surface area contributed by atoms with Gasteiger partial charge >= 0.3 is 0 Å². The van der Waals surface area contributed by atoms with Crippen LogP contribution in [-0.2, 0) is 6.42 Å². The van der Waals surface area contributed by atoms with Crippen LogP contribution in [0, 0.1) is 0 Å². The van der Waals surface area contributed by atoms with Crippen LogP contribution in [0.2, 0.25) is 0 Å². The molecule has 3 heterocycles. The zero-order valence-electron chi connectivity index (χ0n) is 17.9. The molecular formula is C26H27N3O2S. The monoisotopic (exact) mass is 445 g/mol. The summed E-state index contributed by atoms with van der Waals surface area (Å²) in [5.41, 5.74) is 4.00. The Labute approximate surface area is 192 Å². The second kappa shape index (κ2) is 9.27. The van der Waals surface area contributed by atoms with Crippen LogP contribution in [0.3, 0.4) is 0 Å². The lowest BCUT2D eigenvalue weighted by molar-refractivity contribution is 0.0552. The Balaban J connectivity index is 1.08. The Morgan fingerprint density at radius 3 is 2.22 bits per heavy atom. The molecule has 1 atom stereocenters. The van der Waals surface area contributed by atoms with Crippen LogP contribution in [0.4, 0.5) is 0 Å². The molecule has 0 unspecified atom stereocenters. The molecule has 2 fully saturated rings. The number of amides is 2. The first-order chi connectivity index (χ1) is 15.7. The zero-order valence-corrected chi connectivity index (χ0v) is 18.8. The van der Waals surface area contributed by atoms with E-state index in [4.69, 9.17) is 0 Å². The molecule has 0 radical (unpaired) electrons. The number of nitrogens with one attached hydrogen (secondary N) is 1. The van der Waals surface area contributed by atoms with Crippen LogP contribution in [0.15, 0.2) is 71.4 Å². The van der Waals surface area contributed by atoms with E-state index in [1.807, 2.05) is 69.1 Å². The van der Waals surface area contributed by atoms with Gasteiger partial charge in [0.05, 0.1) is 5.56 Å². The molecule has 1 N–H and O–H groups in total. The van der Waals surface area contributed by atoms with Crippen molar-refractivity contribution in [2.45, 2.75) is 24.9 Å². The van der Waals surface area contributed by atoms with Crippen molar-refractivity contribution in [1.82, 2.24) is 15.1 Å². The number of hydrogen-bond acceptors (Lipinski definition) is 4. The largest absolute Gasteiger partial charge is 0.337 e. The summed E-state index contributed by atoms with van der Waals surface area (Å²) in [6.45, 7) is 2.97. The fraction of sp³-hybridized carbons (Fsp3) is 0.308. The van der Waals surface area contributed by atoms with Gasteiger partial charge in [-0.2, -0.15) is 11.3 Å². The Morgan fingerprint density at radius 1 is 0.812 bits per heavy atom. The average Bonchev–Trinajstić information content (AvgIpc) is 3.49. The van der Waals surface area contributed by atoms with Gasteiger partial charge in [-0.05, 0) is 47.5 Å². The predicted molar refractivity (Wildman–Crippen MR) is 127 cm³/mol. The van der Waals surface area contributed by atoms with E-state index < -0.39 is 0 Å². The van der Waals surface area contributed by atoms with E-state index in [0.29, 0.717) is 12.1 Å². The summed E-state index contributed by atoms with van der Waals surface area (Å²) in [4.78, 5) is 29.1. The minimum Gasteiger partial charge on any atom is -0.337 e. The standard InChI is InChI=1S/C26H27N3O2S/c30-25(21-8-6-20(7-9-21)14-19-4-2-1-3-5-19)29-16-24(17-29)27-23-10-12-28(15-23)26(31)22-11-13-32-18-22/h1-9,11,13,18,23-24,27H,10,12,14-17H2/t23-/m0/s1. The normalized spacial score (nSPS) is 18.6. The molecule has 2 amide bonds. The van der Waals surface area contributed by atoms with Crippen LogP contribution >= 0.6 is 11.3 Å². The van der Waals surface area contributed by atoms with Crippen molar-refractivity contribution < 1.29 is 9.59 Å². The molecule has 0 aliphatic carbocycles. The van der Waals surface area contributed by atoms with Crippen LogP contribution in [0.25, 0.3) is 0 Å². The first-order valence-electron chi connectivity index (χ1n) is 11.2. The third-order valence-electron chi connectivity index (χ3n) is 6.34. The number of rotatable bonds is 6. The summed E-state index contributed by atoms with van der Waals surface area (Å²) in [5, 5.41) is 7.48. The summed E-state index contributed by atoms with van der Waals surface area (Å²) in [6.07, 6.45) is 1.83. The highest BCUT2D eigenvalue weighted by Crippen LogP contribution is 2.19. The molecular weight excluding hydrogens is 418 g/mol. The maximum Gasteiger partial charge on any atom is 0.254 e. The summed E-state index contributed by atoms with van der Waals surface area (Å²) >= 11 is 1.55. The molecule has 5 rings (SSSR count). The maximum absolute atomic E-state index is 12.8. The Bertz CT molecular complexity index is 1060. The number of benzene rings is 2. The summed E-state index contributed by atoms with van der Waals surface area (Å²) in [5.74, 6) is 0.215. The van der Waals surface area contributed by atoms with Crippen LogP contribution in [0.1, 0.15) is 38.3 Å². The Kier molecular flexibility index (Phi) is 6.06. The Morgan fingerprint density at radius 2 is 1.50 bits per heavy atom. The quantitative estimate of drug-likeness (QED) is 0.630. The fourth-order valence-electron chi connectivity index (χ4n) is 4.51. The number of hydrogen-bond donors (Lipinski definition) is 1. The van der Waals surface area contributed by atoms with Gasteiger partial charge in [0.1, 0.15) is 0 Å². The number of thiophene rings is 1. The molecule has 5 nitrogen and oxygen atoms in total. The highest BCUT2D eigenvalue weighted by atomic mass is 32.1. The lowest BCUT2D eigenvalue weighted by Gasteiger charge is -2.41. The molecule has 2 saturated heterocycles. The third kappa shape index (κ3) is 4.61. The van der Waals surface area contributed by atoms with Crippen LogP contribution < -0.4 is 5.32 Å². The fourth-order valence-corrected chi connectivity index (χ4v) is 5.14.